The van der Waals surface area contributed by atoms with Crippen LogP contribution in [-0.2, 0) is 4.79 Å². The summed E-state index contributed by atoms with van der Waals surface area (Å²) in [7, 11) is 3.78. The van der Waals surface area contributed by atoms with E-state index in [2.05, 4.69) is 12.0 Å². The Hall–Kier alpha value is -0.860. The Balaban J connectivity index is 2.77. The van der Waals surface area contributed by atoms with Crippen LogP contribution in [-0.4, -0.2) is 30.6 Å². The van der Waals surface area contributed by atoms with Gasteiger partial charge in [0.2, 0.25) is 0 Å². The Kier molecular flexibility index (Phi) is 3.07. The highest BCUT2D eigenvalue weighted by molar-refractivity contribution is 6.06. The van der Waals surface area contributed by atoms with E-state index >= 15 is 0 Å². The van der Waals surface area contributed by atoms with Crippen LogP contribution in [0.3, 0.4) is 0 Å². The van der Waals surface area contributed by atoms with Gasteiger partial charge >= 0.3 is 0 Å². The van der Waals surface area contributed by atoms with Gasteiger partial charge in [0.25, 0.3) is 0 Å². The molecule has 3 nitrogen and oxygen atoms in total. The van der Waals surface area contributed by atoms with Crippen molar-refractivity contribution in [3.63, 3.8) is 0 Å². The van der Waals surface area contributed by atoms with Crippen molar-refractivity contribution in [1.29, 1.82) is 0 Å². The lowest BCUT2D eigenvalue weighted by atomic mass is 9.81. The van der Waals surface area contributed by atoms with E-state index < -0.39 is 0 Å². The minimum Gasteiger partial charge on any atom is -0.303 e. The van der Waals surface area contributed by atoms with Gasteiger partial charge in [-0.05, 0) is 12.3 Å². The number of ketones is 1. The number of hydrogen-bond acceptors (Lipinski definition) is 3. The summed E-state index contributed by atoms with van der Waals surface area (Å²) >= 11 is 0. The van der Waals surface area contributed by atoms with Gasteiger partial charge < -0.3 is 5.01 Å². The monoisotopic (exact) mass is 182 g/mol. The van der Waals surface area contributed by atoms with Crippen LogP contribution >= 0.6 is 0 Å². The first-order valence-corrected chi connectivity index (χ1v) is 4.78. The average molecular weight is 182 g/mol. The highest BCUT2D eigenvalue weighted by Crippen LogP contribution is 2.23. The van der Waals surface area contributed by atoms with Crippen LogP contribution in [0.5, 0.6) is 0 Å². The smallest absolute Gasteiger partial charge is 0.141 e. The van der Waals surface area contributed by atoms with Gasteiger partial charge in [0.05, 0.1) is 5.92 Å². The second kappa shape index (κ2) is 3.90. The maximum atomic E-state index is 11.5. The van der Waals surface area contributed by atoms with Gasteiger partial charge in [0, 0.05) is 26.2 Å². The molecule has 13 heavy (non-hydrogen) atoms. The van der Waals surface area contributed by atoms with Gasteiger partial charge in [-0.1, -0.05) is 13.8 Å². The highest BCUT2D eigenvalue weighted by Gasteiger charge is 2.28. The van der Waals surface area contributed by atoms with Crippen molar-refractivity contribution in [1.82, 2.24) is 5.01 Å². The fourth-order valence-corrected chi connectivity index (χ4v) is 1.70. The van der Waals surface area contributed by atoms with Crippen molar-refractivity contribution in [3.05, 3.63) is 0 Å². The lowest BCUT2D eigenvalue weighted by Gasteiger charge is -2.25. The second-order valence-electron chi connectivity index (χ2n) is 4.14. The summed E-state index contributed by atoms with van der Waals surface area (Å²) in [5, 5.41) is 6.12. The Morgan fingerprint density at radius 1 is 1.31 bits per heavy atom. The van der Waals surface area contributed by atoms with Crippen LogP contribution in [0, 0.1) is 11.8 Å². The fraction of sp³-hybridized carbons (Fsp3) is 0.800. The molecule has 1 rings (SSSR count). The van der Waals surface area contributed by atoms with Crippen molar-refractivity contribution in [2.45, 2.75) is 26.7 Å². The second-order valence-corrected chi connectivity index (χ2v) is 4.14. The van der Waals surface area contributed by atoms with Crippen molar-refractivity contribution >= 4 is 11.5 Å². The third kappa shape index (κ3) is 2.54. The number of carbonyl (C=O) groups is 1. The molecular weight excluding hydrogens is 164 g/mol. The summed E-state index contributed by atoms with van der Waals surface area (Å²) < 4.78 is 0. The average Bonchev–Trinajstić information content (AvgIpc) is 1.98. The normalized spacial score (nSPS) is 32.3. The van der Waals surface area contributed by atoms with Gasteiger partial charge in [0.1, 0.15) is 5.78 Å². The Labute approximate surface area is 79.8 Å². The van der Waals surface area contributed by atoms with Gasteiger partial charge in [-0.15, -0.1) is 0 Å². The zero-order valence-corrected chi connectivity index (χ0v) is 8.87. The van der Waals surface area contributed by atoms with Crippen molar-refractivity contribution in [2.75, 3.05) is 14.1 Å². The molecule has 0 amide bonds. The van der Waals surface area contributed by atoms with Crippen LogP contribution in [0.4, 0.5) is 0 Å². The predicted octanol–water partition coefficient (Wildman–Crippen LogP) is 1.54. The third-order valence-corrected chi connectivity index (χ3v) is 2.42. The SMILES string of the molecule is CC1CC(=O)C(C)/C(=N\N(C)C)C1. The molecule has 1 saturated carbocycles. The van der Waals surface area contributed by atoms with Crippen molar-refractivity contribution < 1.29 is 4.79 Å². The molecule has 0 bridgehead atoms. The van der Waals surface area contributed by atoms with Gasteiger partial charge in [-0.2, -0.15) is 5.10 Å². The van der Waals surface area contributed by atoms with Gasteiger partial charge in [-0.25, -0.2) is 0 Å². The summed E-state index contributed by atoms with van der Waals surface area (Å²) in [4.78, 5) is 11.5. The summed E-state index contributed by atoms with van der Waals surface area (Å²) in [6.07, 6.45) is 1.68. The number of nitrogens with zero attached hydrogens (tertiary/aromatic N) is 2. The lowest BCUT2D eigenvalue weighted by Crippen LogP contribution is -2.31. The molecule has 2 atom stereocenters. The van der Waals surface area contributed by atoms with Crippen LogP contribution in [0.1, 0.15) is 26.7 Å². The minimum atomic E-state index is 0.0265. The first-order chi connectivity index (χ1) is 6.00. The maximum absolute atomic E-state index is 11.5. The summed E-state index contributed by atoms with van der Waals surface area (Å²) in [6, 6.07) is 0. The number of rotatable bonds is 1. The maximum Gasteiger partial charge on any atom is 0.141 e. The van der Waals surface area contributed by atoms with E-state index in [1.807, 2.05) is 21.0 Å². The number of Topliss-reactive ketones (excluding diaryl/α,β-unsaturated/α-hetero) is 1. The molecule has 0 N–H and O–H groups in total. The summed E-state index contributed by atoms with van der Waals surface area (Å²) in [5.41, 5.74) is 1.04. The molecular formula is C10H18N2O. The molecule has 0 radical (unpaired) electrons. The third-order valence-electron chi connectivity index (χ3n) is 2.42. The van der Waals surface area contributed by atoms with Crippen LogP contribution in [0.2, 0.25) is 0 Å². The molecule has 0 aromatic rings. The Morgan fingerprint density at radius 3 is 2.46 bits per heavy atom. The molecule has 74 valence electrons. The zero-order valence-electron chi connectivity index (χ0n) is 8.87. The van der Waals surface area contributed by atoms with E-state index in [0.29, 0.717) is 18.1 Å². The van der Waals surface area contributed by atoms with Crippen molar-refractivity contribution in [2.24, 2.45) is 16.9 Å². The molecule has 0 heterocycles. The van der Waals surface area contributed by atoms with Crippen molar-refractivity contribution in [3.8, 4) is 0 Å². The van der Waals surface area contributed by atoms with E-state index in [4.69, 9.17) is 0 Å². The Bertz CT molecular complexity index is 233. The molecule has 0 aromatic heterocycles. The summed E-state index contributed by atoms with van der Waals surface area (Å²) in [6.45, 7) is 4.06. The number of hydrogen-bond donors (Lipinski definition) is 0. The van der Waals surface area contributed by atoms with E-state index in [1.54, 1.807) is 5.01 Å². The molecule has 0 saturated heterocycles. The number of hydrazone groups is 1. The van der Waals surface area contributed by atoms with Gasteiger partial charge in [0.15, 0.2) is 0 Å². The number of carbonyl (C=O) groups excluding carboxylic acids is 1. The molecule has 2 unspecified atom stereocenters. The largest absolute Gasteiger partial charge is 0.303 e. The highest BCUT2D eigenvalue weighted by atomic mass is 16.1. The first-order valence-electron chi connectivity index (χ1n) is 4.78. The fourth-order valence-electron chi connectivity index (χ4n) is 1.70. The molecule has 1 fully saturated rings. The first kappa shape index (κ1) is 10.2. The van der Waals surface area contributed by atoms with Crippen LogP contribution in [0.25, 0.3) is 0 Å². The lowest BCUT2D eigenvalue weighted by molar-refractivity contribution is -0.122. The topological polar surface area (TPSA) is 32.7 Å². The quantitative estimate of drug-likeness (QED) is 0.576. The predicted molar refractivity (Wildman–Crippen MR) is 53.7 cm³/mol. The molecule has 1 aliphatic carbocycles. The van der Waals surface area contributed by atoms with E-state index in [-0.39, 0.29) is 5.92 Å². The standard InChI is InChI=1S/C10H18N2O/c1-7-5-9(11-12(3)4)8(2)10(13)6-7/h7-8H,5-6H2,1-4H3/b11-9-. The molecule has 3 heteroatoms. The molecule has 1 aliphatic rings. The van der Waals surface area contributed by atoms with Crippen LogP contribution < -0.4 is 0 Å². The van der Waals surface area contributed by atoms with E-state index in [1.165, 1.54) is 0 Å². The van der Waals surface area contributed by atoms with Gasteiger partial charge in [-0.3, -0.25) is 4.79 Å². The Morgan fingerprint density at radius 2 is 1.92 bits per heavy atom. The van der Waals surface area contributed by atoms with E-state index in [0.717, 1.165) is 12.1 Å². The molecule has 0 spiro atoms. The molecule has 0 aliphatic heterocycles. The minimum absolute atomic E-state index is 0.0265. The molecule has 0 aromatic carbocycles. The zero-order chi connectivity index (χ0) is 10.0. The van der Waals surface area contributed by atoms with E-state index in [9.17, 15) is 4.79 Å². The van der Waals surface area contributed by atoms with Crippen LogP contribution in [0.15, 0.2) is 5.10 Å². The summed E-state index contributed by atoms with van der Waals surface area (Å²) in [5.74, 6) is 0.820.